The van der Waals surface area contributed by atoms with Crippen molar-refractivity contribution in [3.05, 3.63) is 12.2 Å². The van der Waals surface area contributed by atoms with E-state index in [1.54, 1.807) is 0 Å². The predicted molar refractivity (Wildman–Crippen MR) is 100 cm³/mol. The van der Waals surface area contributed by atoms with E-state index in [1.165, 1.54) is 0 Å². The maximum Gasteiger partial charge on any atom is 0.719 e. The van der Waals surface area contributed by atoms with E-state index in [9.17, 15) is 4.79 Å². The molecule has 0 fully saturated rings. The summed E-state index contributed by atoms with van der Waals surface area (Å²) in [7, 11) is -7.80. The topological polar surface area (TPSA) is 54.0 Å². The Kier molecular flexibility index (Phi) is 10.7. The van der Waals surface area contributed by atoms with Gasteiger partial charge in [0.1, 0.15) is 0 Å². The van der Waals surface area contributed by atoms with Crippen LogP contribution in [0.2, 0.25) is 39.3 Å². The molecule has 5 nitrogen and oxygen atoms in total. The van der Waals surface area contributed by atoms with E-state index >= 15 is 0 Å². The molecule has 0 bridgehead atoms. The molecule has 0 spiro atoms. The maximum atomic E-state index is 12.3. The number of hydrogen-bond donors (Lipinski definition) is 0. The average molecular weight is 381 g/mol. The number of carbonyl (C=O) groups is 1. The quantitative estimate of drug-likeness (QED) is 0.407. The maximum absolute atomic E-state index is 12.3. The Morgan fingerprint density at radius 1 is 0.955 bits per heavy atom. The standard InChI is InChI=1S/C13H32O5Si4/c1-9-10-11-12(2)13(14)15-22(16-19(3)4,17-20(5)6)18-21(7)8/h19-21H,2,9-11H2,1,3-8H3. The van der Waals surface area contributed by atoms with Crippen LogP contribution in [0.1, 0.15) is 26.2 Å². The summed E-state index contributed by atoms with van der Waals surface area (Å²) >= 11 is 0. The largest absolute Gasteiger partial charge is 0.719 e. The van der Waals surface area contributed by atoms with Crippen molar-refractivity contribution in [2.24, 2.45) is 0 Å². The van der Waals surface area contributed by atoms with E-state index in [2.05, 4.69) is 13.5 Å². The third-order valence-corrected chi connectivity index (χ3v) is 12.0. The SMILES string of the molecule is C=C(CCCC)C(=O)O[Si](O[SiH](C)C)(O[SiH](C)C)O[SiH](C)C. The molecule has 0 aromatic heterocycles. The van der Waals surface area contributed by atoms with Gasteiger partial charge in [-0.1, -0.05) is 19.9 Å². The summed E-state index contributed by atoms with van der Waals surface area (Å²) in [6, 6.07) is 0. The van der Waals surface area contributed by atoms with Gasteiger partial charge in [-0.2, -0.15) is 0 Å². The van der Waals surface area contributed by atoms with Gasteiger partial charge < -0.3 is 16.8 Å². The average Bonchev–Trinajstić information content (AvgIpc) is 2.32. The summed E-state index contributed by atoms with van der Waals surface area (Å²) in [5, 5.41) is 0. The van der Waals surface area contributed by atoms with Crippen LogP contribution >= 0.6 is 0 Å². The second-order valence-corrected chi connectivity index (χ2v) is 16.4. The molecule has 9 heteroatoms. The summed E-state index contributed by atoms with van der Waals surface area (Å²) in [5.41, 5.74) is 0.468. The van der Waals surface area contributed by atoms with Gasteiger partial charge >= 0.3 is 15.0 Å². The lowest BCUT2D eigenvalue weighted by Gasteiger charge is -2.32. The molecule has 0 N–H and O–H groups in total. The van der Waals surface area contributed by atoms with Gasteiger partial charge in [0.15, 0.2) is 27.1 Å². The van der Waals surface area contributed by atoms with Crippen molar-refractivity contribution in [1.29, 1.82) is 0 Å². The number of carbonyl (C=O) groups excluding carboxylic acids is 1. The molecule has 0 saturated heterocycles. The zero-order valence-corrected chi connectivity index (χ0v) is 19.6. The smallest absolute Gasteiger partial charge is 0.450 e. The molecule has 0 saturated carbocycles. The molecular weight excluding hydrogens is 348 g/mol. The Morgan fingerprint density at radius 3 is 1.68 bits per heavy atom. The van der Waals surface area contributed by atoms with Crippen LogP contribution in [0.3, 0.4) is 0 Å². The normalized spacial score (nSPS) is 12.3. The van der Waals surface area contributed by atoms with Gasteiger partial charge in [-0.25, -0.2) is 4.79 Å². The van der Waals surface area contributed by atoms with Gasteiger partial charge in [-0.15, -0.1) is 0 Å². The number of rotatable bonds is 11. The van der Waals surface area contributed by atoms with E-state index in [0.717, 1.165) is 12.8 Å². The van der Waals surface area contributed by atoms with Crippen LogP contribution < -0.4 is 0 Å². The van der Waals surface area contributed by atoms with Crippen LogP contribution in [0.25, 0.3) is 0 Å². The molecule has 0 aliphatic carbocycles. The first-order chi connectivity index (χ1) is 10.1. The van der Waals surface area contributed by atoms with Crippen molar-refractivity contribution in [3.8, 4) is 0 Å². The fourth-order valence-corrected chi connectivity index (χ4v) is 11.7. The van der Waals surface area contributed by atoms with Gasteiger partial charge in [0.2, 0.25) is 0 Å². The van der Waals surface area contributed by atoms with Crippen LogP contribution in [-0.2, 0) is 21.6 Å². The fraction of sp³-hybridized carbons (Fsp3) is 0.769. The van der Waals surface area contributed by atoms with Crippen LogP contribution in [0.15, 0.2) is 12.2 Å². The first-order valence-electron chi connectivity index (χ1n) is 8.06. The molecule has 0 rings (SSSR count). The van der Waals surface area contributed by atoms with Gasteiger partial charge in [-0.3, -0.25) is 0 Å². The zero-order valence-electron chi connectivity index (χ0n) is 15.1. The number of unbranched alkanes of at least 4 members (excludes halogenated alkanes) is 1. The summed E-state index contributed by atoms with van der Waals surface area (Å²) < 4.78 is 23.7. The monoisotopic (exact) mass is 380 g/mol. The van der Waals surface area contributed by atoms with Crippen molar-refractivity contribution in [2.75, 3.05) is 0 Å². The van der Waals surface area contributed by atoms with Crippen LogP contribution in [0.4, 0.5) is 0 Å². The highest BCUT2D eigenvalue weighted by Gasteiger charge is 2.51. The van der Waals surface area contributed by atoms with Crippen molar-refractivity contribution in [2.45, 2.75) is 65.5 Å². The van der Waals surface area contributed by atoms with Crippen LogP contribution in [0.5, 0.6) is 0 Å². The summed E-state index contributed by atoms with van der Waals surface area (Å²) in [4.78, 5) is 12.3. The summed E-state index contributed by atoms with van der Waals surface area (Å²) in [5.74, 6) is -0.431. The molecule has 0 heterocycles. The Hall–Kier alpha value is -0.0425. The molecule has 0 aliphatic rings. The van der Waals surface area contributed by atoms with Crippen molar-refractivity contribution >= 4 is 42.1 Å². The third-order valence-electron chi connectivity index (χ3n) is 2.48. The van der Waals surface area contributed by atoms with Gasteiger partial charge in [0, 0.05) is 5.57 Å². The molecule has 0 atom stereocenters. The van der Waals surface area contributed by atoms with Gasteiger partial charge in [0.05, 0.1) is 0 Å². The first kappa shape index (κ1) is 22.0. The molecule has 0 aliphatic heterocycles. The van der Waals surface area contributed by atoms with Crippen LogP contribution in [-0.4, -0.2) is 42.1 Å². The van der Waals surface area contributed by atoms with Crippen molar-refractivity contribution in [3.63, 3.8) is 0 Å². The predicted octanol–water partition coefficient (Wildman–Crippen LogP) is 2.71. The van der Waals surface area contributed by atoms with E-state index in [1.807, 2.05) is 39.3 Å². The van der Waals surface area contributed by atoms with Crippen molar-refractivity contribution in [1.82, 2.24) is 0 Å². The van der Waals surface area contributed by atoms with E-state index in [4.69, 9.17) is 16.8 Å². The Morgan fingerprint density at radius 2 is 1.36 bits per heavy atom. The molecule has 130 valence electrons. The van der Waals surface area contributed by atoms with Gasteiger partial charge in [0.25, 0.3) is 0 Å². The first-order valence-corrected chi connectivity index (χ1v) is 18.0. The molecular formula is C13H32O5Si4. The molecule has 0 aromatic carbocycles. The van der Waals surface area contributed by atoms with E-state index in [-0.39, 0.29) is 0 Å². The molecule has 0 unspecified atom stereocenters. The second-order valence-electron chi connectivity index (χ2n) is 6.10. The summed E-state index contributed by atoms with van der Waals surface area (Å²) in [6.07, 6.45) is 2.56. The minimum atomic E-state index is -3.38. The minimum absolute atomic E-state index is 0.431. The van der Waals surface area contributed by atoms with Crippen LogP contribution in [0, 0.1) is 0 Å². The van der Waals surface area contributed by atoms with Gasteiger partial charge in [-0.05, 0) is 52.1 Å². The Bertz CT molecular complexity index is 334. The highest BCUT2D eigenvalue weighted by atomic mass is 28.5. The molecule has 0 radical (unpaired) electrons. The lowest BCUT2D eigenvalue weighted by atomic mass is 10.1. The zero-order chi connectivity index (χ0) is 17.3. The Labute approximate surface area is 141 Å². The lowest BCUT2D eigenvalue weighted by molar-refractivity contribution is -0.135. The van der Waals surface area contributed by atoms with E-state index in [0.29, 0.717) is 12.0 Å². The highest BCUT2D eigenvalue weighted by molar-refractivity contribution is 6.77. The molecule has 0 aromatic rings. The third kappa shape index (κ3) is 9.18. The molecule has 0 amide bonds. The molecule has 22 heavy (non-hydrogen) atoms. The fourth-order valence-electron chi connectivity index (χ4n) is 1.70. The van der Waals surface area contributed by atoms with E-state index < -0.39 is 42.1 Å². The number of hydrogen-bond acceptors (Lipinski definition) is 5. The lowest BCUT2D eigenvalue weighted by Crippen LogP contribution is -2.56. The summed E-state index contributed by atoms with van der Waals surface area (Å²) in [6.45, 7) is 18.1. The highest BCUT2D eigenvalue weighted by Crippen LogP contribution is 2.19. The van der Waals surface area contributed by atoms with Crippen molar-refractivity contribution < 1.29 is 21.6 Å². The Balaban J connectivity index is 5.16. The second kappa shape index (κ2) is 10.7. The minimum Gasteiger partial charge on any atom is -0.450 e.